The van der Waals surface area contributed by atoms with Gasteiger partial charge in [-0.05, 0) is 62.5 Å². The van der Waals surface area contributed by atoms with Crippen molar-refractivity contribution in [2.75, 3.05) is 19.6 Å². The summed E-state index contributed by atoms with van der Waals surface area (Å²) in [7, 11) is 0. The number of carboxylic acids is 2. The lowest BCUT2D eigenvalue weighted by Gasteiger charge is -2.31. The van der Waals surface area contributed by atoms with Gasteiger partial charge in [-0.2, -0.15) is 5.26 Å². The second-order valence-corrected chi connectivity index (χ2v) is 5.86. The zero-order chi connectivity index (χ0) is 18.7. The first-order chi connectivity index (χ1) is 12.0. The monoisotopic (exact) mass is 344 g/mol. The zero-order valence-corrected chi connectivity index (χ0v) is 14.4. The molecule has 0 aromatic heterocycles. The van der Waals surface area contributed by atoms with E-state index < -0.39 is 11.9 Å². The van der Waals surface area contributed by atoms with Crippen molar-refractivity contribution in [2.45, 2.75) is 32.1 Å². The number of hydrogen-bond donors (Lipinski definition) is 2. The van der Waals surface area contributed by atoms with Gasteiger partial charge in [-0.1, -0.05) is 19.1 Å². The Morgan fingerprint density at radius 2 is 1.84 bits per heavy atom. The van der Waals surface area contributed by atoms with E-state index in [1.165, 1.54) is 44.5 Å². The summed E-state index contributed by atoms with van der Waals surface area (Å²) in [5.74, 6) is -1.86. The van der Waals surface area contributed by atoms with Gasteiger partial charge in [-0.25, -0.2) is 9.59 Å². The first-order valence-corrected chi connectivity index (χ1v) is 8.32. The van der Waals surface area contributed by atoms with E-state index in [1.54, 1.807) is 0 Å². The number of piperidine rings is 1. The predicted molar refractivity (Wildman–Crippen MR) is 94.3 cm³/mol. The molecule has 6 heteroatoms. The van der Waals surface area contributed by atoms with Gasteiger partial charge in [0, 0.05) is 12.2 Å². The number of carbonyl (C=O) groups is 2. The molecule has 0 saturated carbocycles. The minimum absolute atomic E-state index is 0.558. The number of nitrogens with zero attached hydrogens (tertiary/aromatic N) is 2. The van der Waals surface area contributed by atoms with Crippen LogP contribution in [0, 0.1) is 11.3 Å². The van der Waals surface area contributed by atoms with Gasteiger partial charge in [0.25, 0.3) is 0 Å². The first-order valence-electron chi connectivity index (χ1n) is 8.32. The molecule has 0 unspecified atom stereocenters. The van der Waals surface area contributed by atoms with E-state index in [2.05, 4.69) is 30.0 Å². The summed E-state index contributed by atoms with van der Waals surface area (Å²) < 4.78 is 0. The number of aliphatic carboxylic acids is 2. The van der Waals surface area contributed by atoms with Gasteiger partial charge in [0.2, 0.25) is 0 Å². The average molecular weight is 344 g/mol. The molecule has 0 amide bonds. The van der Waals surface area contributed by atoms with Crippen molar-refractivity contribution in [2.24, 2.45) is 0 Å². The highest BCUT2D eigenvalue weighted by atomic mass is 16.4. The fourth-order valence-corrected chi connectivity index (χ4v) is 2.81. The molecule has 0 spiro atoms. The topological polar surface area (TPSA) is 102 Å². The molecule has 1 saturated heterocycles. The number of benzene rings is 1. The van der Waals surface area contributed by atoms with Gasteiger partial charge >= 0.3 is 11.9 Å². The smallest absolute Gasteiger partial charge is 0.328 e. The van der Waals surface area contributed by atoms with Crippen LogP contribution < -0.4 is 0 Å². The van der Waals surface area contributed by atoms with E-state index in [-0.39, 0.29) is 0 Å². The molecule has 0 atom stereocenters. The molecule has 1 aliphatic rings. The number of rotatable bonds is 5. The molecule has 1 aromatic carbocycles. The summed E-state index contributed by atoms with van der Waals surface area (Å²) >= 11 is 0. The van der Waals surface area contributed by atoms with Crippen molar-refractivity contribution in [1.82, 2.24) is 4.90 Å². The molecule has 6 nitrogen and oxygen atoms in total. The van der Waals surface area contributed by atoms with E-state index >= 15 is 0 Å². The number of nitriles is 1. The molecule has 1 aliphatic heterocycles. The quantitative estimate of drug-likeness (QED) is 0.796. The standard InChI is InChI=1S/C15H20N2.C4H4O4/c1-2-8-17-9-6-14(7-10-17)15-5-3-4-13(11-15)12-16;5-3(6)1-2-4(7)8/h3-5,11,14H,2,6-10H2,1H3;1-2H,(H,5,6)(H,7,8)/b;2-1+. The minimum Gasteiger partial charge on any atom is -0.478 e. The van der Waals surface area contributed by atoms with Crippen LogP contribution in [0.3, 0.4) is 0 Å². The molecule has 1 heterocycles. The summed E-state index contributed by atoms with van der Waals surface area (Å²) in [5.41, 5.74) is 2.14. The predicted octanol–water partition coefficient (Wildman–Crippen LogP) is 2.86. The average Bonchev–Trinajstić information content (AvgIpc) is 2.61. The summed E-state index contributed by atoms with van der Waals surface area (Å²) in [6.07, 6.45) is 4.82. The van der Waals surface area contributed by atoms with Crippen molar-refractivity contribution in [3.63, 3.8) is 0 Å². The van der Waals surface area contributed by atoms with Crippen LogP contribution >= 0.6 is 0 Å². The molecule has 1 aromatic rings. The molecule has 0 aliphatic carbocycles. The van der Waals surface area contributed by atoms with Gasteiger partial charge in [0.05, 0.1) is 11.6 Å². The third kappa shape index (κ3) is 8.13. The Kier molecular flexibility index (Phi) is 8.97. The van der Waals surface area contributed by atoms with E-state index in [9.17, 15) is 9.59 Å². The third-order valence-electron chi connectivity index (χ3n) is 3.98. The van der Waals surface area contributed by atoms with Crippen LogP contribution in [-0.4, -0.2) is 46.7 Å². The fourth-order valence-electron chi connectivity index (χ4n) is 2.81. The summed E-state index contributed by atoms with van der Waals surface area (Å²) in [6, 6.07) is 10.3. The van der Waals surface area contributed by atoms with E-state index in [4.69, 9.17) is 15.5 Å². The SMILES string of the molecule is CCCN1CCC(c2cccc(C#N)c2)CC1.O=C(O)/C=C/C(=O)O. The Labute approximate surface area is 148 Å². The Bertz CT molecular complexity index is 625. The lowest BCUT2D eigenvalue weighted by atomic mass is 9.88. The van der Waals surface area contributed by atoms with Gasteiger partial charge in [-0.15, -0.1) is 0 Å². The lowest BCUT2D eigenvalue weighted by molar-refractivity contribution is -0.134. The first kappa shape index (κ1) is 20.4. The van der Waals surface area contributed by atoms with E-state index in [1.807, 2.05) is 12.1 Å². The van der Waals surface area contributed by atoms with Gasteiger partial charge < -0.3 is 15.1 Å². The minimum atomic E-state index is -1.26. The Morgan fingerprint density at radius 3 is 2.32 bits per heavy atom. The van der Waals surface area contributed by atoms with E-state index in [0.29, 0.717) is 18.1 Å². The second kappa shape index (κ2) is 11.0. The molecule has 25 heavy (non-hydrogen) atoms. The highest BCUT2D eigenvalue weighted by molar-refractivity contribution is 5.89. The molecular weight excluding hydrogens is 320 g/mol. The molecule has 134 valence electrons. The fraction of sp³-hybridized carbons (Fsp3) is 0.421. The van der Waals surface area contributed by atoms with Crippen LogP contribution in [0.5, 0.6) is 0 Å². The summed E-state index contributed by atoms with van der Waals surface area (Å²) in [4.78, 5) is 21.7. The van der Waals surface area contributed by atoms with Crippen molar-refractivity contribution >= 4 is 11.9 Å². The Morgan fingerprint density at radius 1 is 1.24 bits per heavy atom. The second-order valence-electron chi connectivity index (χ2n) is 5.86. The zero-order valence-electron chi connectivity index (χ0n) is 14.4. The van der Waals surface area contributed by atoms with Crippen molar-refractivity contribution < 1.29 is 19.8 Å². The maximum Gasteiger partial charge on any atom is 0.328 e. The van der Waals surface area contributed by atoms with Gasteiger partial charge in [0.15, 0.2) is 0 Å². The van der Waals surface area contributed by atoms with Gasteiger partial charge in [0.1, 0.15) is 0 Å². The largest absolute Gasteiger partial charge is 0.478 e. The highest BCUT2D eigenvalue weighted by Crippen LogP contribution is 2.28. The molecule has 2 rings (SSSR count). The number of hydrogen-bond acceptors (Lipinski definition) is 4. The molecular formula is C19H24N2O4. The number of carboxylic acid groups (broad SMARTS) is 2. The Hall–Kier alpha value is -2.65. The van der Waals surface area contributed by atoms with E-state index in [0.717, 1.165) is 5.56 Å². The number of likely N-dealkylation sites (tertiary alicyclic amines) is 1. The lowest BCUT2D eigenvalue weighted by Crippen LogP contribution is -2.33. The van der Waals surface area contributed by atoms with Gasteiger partial charge in [-0.3, -0.25) is 0 Å². The highest BCUT2D eigenvalue weighted by Gasteiger charge is 2.19. The van der Waals surface area contributed by atoms with Crippen molar-refractivity contribution in [1.29, 1.82) is 5.26 Å². The molecule has 0 radical (unpaired) electrons. The van der Waals surface area contributed by atoms with Crippen LogP contribution in [-0.2, 0) is 9.59 Å². The maximum absolute atomic E-state index is 9.55. The van der Waals surface area contributed by atoms with Crippen LogP contribution in [0.15, 0.2) is 36.4 Å². The van der Waals surface area contributed by atoms with Crippen LogP contribution in [0.1, 0.15) is 43.2 Å². The molecule has 1 fully saturated rings. The molecule has 0 bridgehead atoms. The van der Waals surface area contributed by atoms with Crippen LogP contribution in [0.25, 0.3) is 0 Å². The third-order valence-corrected chi connectivity index (χ3v) is 3.98. The normalized spacial score (nSPS) is 15.2. The maximum atomic E-state index is 9.55. The van der Waals surface area contributed by atoms with Crippen molar-refractivity contribution in [3.8, 4) is 6.07 Å². The Balaban J connectivity index is 0.000000333. The summed E-state index contributed by atoms with van der Waals surface area (Å²) in [5, 5.41) is 24.5. The van der Waals surface area contributed by atoms with Crippen molar-refractivity contribution in [3.05, 3.63) is 47.5 Å². The summed E-state index contributed by atoms with van der Waals surface area (Å²) in [6.45, 7) is 5.87. The molecule has 2 N–H and O–H groups in total. The van der Waals surface area contributed by atoms with Crippen LogP contribution in [0.4, 0.5) is 0 Å². The van der Waals surface area contributed by atoms with Crippen LogP contribution in [0.2, 0.25) is 0 Å².